The molecule has 0 fully saturated rings. The van der Waals surface area contributed by atoms with Crippen LogP contribution in [0.1, 0.15) is 0 Å². The van der Waals surface area contributed by atoms with Gasteiger partial charge in [0.05, 0.1) is 0 Å². The van der Waals surface area contributed by atoms with E-state index in [0.717, 1.165) is 0 Å². The van der Waals surface area contributed by atoms with Crippen LogP contribution in [0.25, 0.3) is 0 Å². The van der Waals surface area contributed by atoms with Gasteiger partial charge in [-0.15, -0.1) is 0 Å². The molecule has 0 heterocycles. The van der Waals surface area contributed by atoms with E-state index >= 15 is 0 Å². The monoisotopic (exact) mass is 3360 g/mol. The zero-order valence-electron chi connectivity index (χ0n) is 31.8. The molecule has 0 atom stereocenters. The van der Waals surface area contributed by atoms with Crippen molar-refractivity contribution < 1.29 is 158 Å². The fourth-order valence-electron chi connectivity index (χ4n) is 0. The van der Waals surface area contributed by atoms with Crippen molar-refractivity contribution in [2.24, 2.45) is 0 Å². The molecule has 0 aliphatic carbocycles. The summed E-state index contributed by atoms with van der Waals surface area (Å²) >= 11 is 0. The van der Waals surface area contributed by atoms with Crippen molar-refractivity contribution in [1.82, 2.24) is 0 Å². The van der Waals surface area contributed by atoms with Gasteiger partial charge in [-0.3, -0.25) is 81.9 Å². The number of rotatable bonds is 0. The van der Waals surface area contributed by atoms with Crippen LogP contribution in [0.2, 0.25) is 0 Å². The second kappa shape index (κ2) is 105. The third-order valence-electron chi connectivity index (χ3n) is 0. The molecule has 63 heavy (non-hydrogen) atoms. The Kier molecular flexibility index (Phi) is 300. The summed E-state index contributed by atoms with van der Waals surface area (Å²) in [6, 6.07) is 0. The Morgan fingerprint density at radius 3 is 0.111 bits per heavy atom. The van der Waals surface area contributed by atoms with Crippen LogP contribution in [-0.4, -0.2) is 1040 Å². The van der Waals surface area contributed by atoms with Gasteiger partial charge in [0.1, 0.15) is 0 Å². The molecule has 0 aromatic rings. The Bertz CT molecular complexity index is 1260. The van der Waals surface area contributed by atoms with Crippen LogP contribution in [0, 0.1) is 0 Å². The number of hydrogen-bond acceptors (Lipinski definition) is 18. The van der Waals surface area contributed by atoms with Crippen molar-refractivity contribution in [3.05, 3.63) is 0 Å². The molecule has 0 aromatic carbocycles. The van der Waals surface area contributed by atoms with Crippen LogP contribution in [-0.2, 0) is 93.6 Å². The largest absolute Gasteiger partial charge is 2.00 e. The first-order chi connectivity index (χ1) is 18.0. The molecular weight excluding hydrogens is 3340 g/mol. The van der Waals surface area contributed by atoms with Gasteiger partial charge in [-0.1, -0.05) is 0 Å². The summed E-state index contributed by atoms with van der Waals surface area (Å²) in [6.45, 7) is 0. The molecule has 18 N–H and O–H groups in total. The van der Waals surface area contributed by atoms with Crippen LogP contribution in [0.4, 0.5) is 0 Å². The molecule has 288 valence electrons. The minimum Gasteiger partial charge on any atom is -0.264 e. The summed E-state index contributed by atoms with van der Waals surface area (Å²) in [6.07, 6.45) is 0. The fraction of sp³-hybridized carbons (Fsp3) is 0. The zero-order chi connectivity index (χ0) is 40.5. The first kappa shape index (κ1) is 180. The number of hydrogen-bond donors (Lipinski definition) is 18. The van der Waals surface area contributed by atoms with Crippen LogP contribution in [0.15, 0.2) is 0 Å². The molecular formula is H18Ba18O36S9+36. The Balaban J connectivity index is -0.00000000894. The Labute approximate surface area is 1090 Å². The average molecular weight is 3350 g/mol. The van der Waals surface area contributed by atoms with Crippen molar-refractivity contribution in [2.75, 3.05) is 0 Å². The van der Waals surface area contributed by atoms with E-state index in [9.17, 15) is 0 Å². The molecule has 0 spiro atoms. The van der Waals surface area contributed by atoms with E-state index in [-0.39, 0.29) is 880 Å². The molecule has 63 heteroatoms. The summed E-state index contributed by atoms with van der Waals surface area (Å²) in [4.78, 5) is 0. The maximum atomic E-state index is 8.74. The summed E-state index contributed by atoms with van der Waals surface area (Å²) in [5.74, 6) is 0. The molecule has 0 radical (unpaired) electrons. The van der Waals surface area contributed by atoms with Gasteiger partial charge >= 0.3 is 973 Å². The van der Waals surface area contributed by atoms with Crippen molar-refractivity contribution in [3.8, 4) is 0 Å². The predicted octanol–water partition coefficient (Wildman–Crippen LogP) is -12.7. The molecule has 0 amide bonds. The van der Waals surface area contributed by atoms with Gasteiger partial charge in [-0.25, -0.2) is 0 Å². The smallest absolute Gasteiger partial charge is 0.264 e. The topological polar surface area (TPSA) is 671 Å². The normalized spacial score (nSPS) is 8.29. The molecule has 0 aliphatic heterocycles. The van der Waals surface area contributed by atoms with Crippen molar-refractivity contribution in [1.29, 1.82) is 0 Å². The Hall–Kier alpha value is 27.1. The Morgan fingerprint density at radius 2 is 0.111 bits per heavy atom. The molecule has 0 saturated heterocycles. The van der Waals surface area contributed by atoms with Crippen molar-refractivity contribution in [3.63, 3.8) is 0 Å². The standard InChI is InChI=1S/18Ba.9H2O4S/c;;;;;;;;;;;;;;;;;;9*1-5(2,3)4/h;;;;;;;;;;;;;;;;;;9*(H2,1,2,3,4)/q18*+2;;;;;;;;;. The summed E-state index contributed by atoms with van der Waals surface area (Å²) in [7, 11) is -42.0. The van der Waals surface area contributed by atoms with Gasteiger partial charge < -0.3 is 0 Å². The van der Waals surface area contributed by atoms with Gasteiger partial charge in [0.2, 0.25) is 0 Å². The van der Waals surface area contributed by atoms with E-state index in [1.165, 1.54) is 0 Å². The molecule has 0 bridgehead atoms. The maximum absolute atomic E-state index is 8.74. The van der Waals surface area contributed by atoms with Gasteiger partial charge in [0.25, 0.3) is 0 Å². The van der Waals surface area contributed by atoms with E-state index in [0.29, 0.717) is 0 Å². The summed E-state index contributed by atoms with van der Waals surface area (Å²) in [5, 5.41) is 0. The Morgan fingerprint density at radius 1 is 0.111 bits per heavy atom. The van der Waals surface area contributed by atoms with E-state index in [4.69, 9.17) is 158 Å². The molecule has 36 nitrogen and oxygen atoms in total. The minimum atomic E-state index is -4.67. The minimum absolute atomic E-state index is 0. The van der Waals surface area contributed by atoms with E-state index in [1.54, 1.807) is 0 Å². The first-order valence-corrected chi connectivity index (χ1v) is 18.9. The van der Waals surface area contributed by atoms with Gasteiger partial charge in [0, 0.05) is 0 Å². The third kappa shape index (κ3) is 920. The van der Waals surface area contributed by atoms with E-state index < -0.39 is 93.6 Å². The maximum Gasteiger partial charge on any atom is 2.00 e. The van der Waals surface area contributed by atoms with Crippen molar-refractivity contribution in [2.45, 2.75) is 0 Å². The van der Waals surface area contributed by atoms with E-state index in [1.807, 2.05) is 0 Å². The molecule has 0 saturated carbocycles. The van der Waals surface area contributed by atoms with Gasteiger partial charge in [-0.05, 0) is 0 Å². The van der Waals surface area contributed by atoms with Gasteiger partial charge in [-0.2, -0.15) is 75.8 Å². The second-order valence-electron chi connectivity index (χ2n) is 4.03. The predicted molar refractivity (Wildman–Crippen MR) is 231 cm³/mol. The first-order valence-electron chi connectivity index (χ1n) is 6.29. The van der Waals surface area contributed by atoms with Crippen molar-refractivity contribution >= 4 is 973 Å². The summed E-state index contributed by atoms with van der Waals surface area (Å²) < 4.78 is 284. The van der Waals surface area contributed by atoms with Crippen LogP contribution in [0.5, 0.6) is 0 Å². The quantitative estimate of drug-likeness (QED) is 0.0791. The zero-order valence-corrected chi connectivity index (χ0v) is 119. The van der Waals surface area contributed by atoms with Crippen LogP contribution in [0.3, 0.4) is 0 Å². The fourth-order valence-corrected chi connectivity index (χ4v) is 0. The summed E-state index contributed by atoms with van der Waals surface area (Å²) in [5.41, 5.74) is 0. The molecule has 0 rings (SSSR count). The third-order valence-corrected chi connectivity index (χ3v) is 0. The van der Waals surface area contributed by atoms with Crippen LogP contribution < -0.4 is 0 Å². The van der Waals surface area contributed by atoms with Gasteiger partial charge in [0.15, 0.2) is 0 Å². The molecule has 0 aromatic heterocycles. The average Bonchev–Trinajstić information content (AvgIpc) is 2.26. The van der Waals surface area contributed by atoms with E-state index in [2.05, 4.69) is 0 Å². The van der Waals surface area contributed by atoms with Crippen LogP contribution >= 0.6 is 0 Å². The molecule has 0 aliphatic rings. The SMILES string of the molecule is O=S(=O)(O)O.O=S(=O)(O)O.O=S(=O)(O)O.O=S(=O)(O)O.O=S(=O)(O)O.O=S(=O)(O)O.O=S(=O)(O)O.O=S(=O)(O)O.O=S(=O)(O)O.[Ba+2].[Ba+2].[Ba+2].[Ba+2].[Ba+2].[Ba+2].[Ba+2].[Ba+2].[Ba+2].[Ba+2].[Ba+2].[Ba+2].[Ba+2].[Ba+2].[Ba+2].[Ba+2].[Ba+2].[Ba+2]. The second-order valence-corrected chi connectivity index (χ2v) is 12.1. The molecule has 0 unspecified atom stereocenters.